The van der Waals surface area contributed by atoms with Gasteiger partial charge < -0.3 is 5.32 Å². The second kappa shape index (κ2) is 6.78. The Labute approximate surface area is 126 Å². The lowest BCUT2D eigenvalue weighted by atomic mass is 10.1. The Kier molecular flexibility index (Phi) is 4.58. The Hall–Kier alpha value is -1.78. The lowest BCUT2D eigenvalue weighted by molar-refractivity contribution is 0.233. The number of hydrogen-bond donors (Lipinski definition) is 1. The van der Waals surface area contributed by atoms with E-state index >= 15 is 0 Å². The maximum atomic E-state index is 4.75. The number of pyridine rings is 2. The van der Waals surface area contributed by atoms with Crippen LogP contribution in [-0.2, 0) is 0 Å². The van der Waals surface area contributed by atoms with Crippen molar-refractivity contribution in [3.05, 3.63) is 59.7 Å². The van der Waals surface area contributed by atoms with Crippen LogP contribution in [0.3, 0.4) is 0 Å². The highest BCUT2D eigenvalue weighted by Gasteiger charge is 2.25. The molecule has 2 aromatic rings. The fourth-order valence-electron chi connectivity index (χ4n) is 2.90. The third kappa shape index (κ3) is 3.46. The van der Waals surface area contributed by atoms with Crippen LogP contribution in [0.1, 0.15) is 29.5 Å². The van der Waals surface area contributed by atoms with E-state index in [0.29, 0.717) is 0 Å². The highest BCUT2D eigenvalue weighted by atomic mass is 15.2. The van der Waals surface area contributed by atoms with Crippen molar-refractivity contribution in [3.63, 3.8) is 0 Å². The summed E-state index contributed by atoms with van der Waals surface area (Å²) in [4.78, 5) is 11.8. The monoisotopic (exact) mass is 282 g/mol. The Bertz CT molecular complexity index is 562. The van der Waals surface area contributed by atoms with Gasteiger partial charge in [-0.2, -0.15) is 0 Å². The summed E-state index contributed by atoms with van der Waals surface area (Å²) >= 11 is 0. The Morgan fingerprint density at radius 2 is 1.95 bits per heavy atom. The molecule has 1 atom stereocenters. The third-order valence-corrected chi connectivity index (χ3v) is 3.90. The van der Waals surface area contributed by atoms with Gasteiger partial charge in [0.15, 0.2) is 0 Å². The largest absolute Gasteiger partial charge is 0.315 e. The van der Waals surface area contributed by atoms with Gasteiger partial charge in [-0.3, -0.25) is 14.9 Å². The molecule has 0 spiro atoms. The molecule has 0 bridgehead atoms. The van der Waals surface area contributed by atoms with Crippen LogP contribution in [-0.4, -0.2) is 41.0 Å². The van der Waals surface area contributed by atoms with E-state index in [0.717, 1.165) is 49.7 Å². The molecule has 3 heterocycles. The quantitative estimate of drug-likeness (QED) is 0.937. The van der Waals surface area contributed by atoms with Crippen LogP contribution in [0.2, 0.25) is 0 Å². The van der Waals surface area contributed by atoms with Gasteiger partial charge in [0.1, 0.15) is 0 Å². The Morgan fingerprint density at radius 3 is 2.76 bits per heavy atom. The van der Waals surface area contributed by atoms with Crippen LogP contribution in [0.4, 0.5) is 0 Å². The number of hydrogen-bond acceptors (Lipinski definition) is 4. The first-order valence-electron chi connectivity index (χ1n) is 7.64. The van der Waals surface area contributed by atoms with Gasteiger partial charge >= 0.3 is 0 Å². The molecule has 21 heavy (non-hydrogen) atoms. The summed E-state index contributed by atoms with van der Waals surface area (Å²) in [6.45, 7) is 6.26. The minimum atomic E-state index is 0.144. The molecular weight excluding hydrogens is 260 g/mol. The molecule has 0 radical (unpaired) electrons. The summed E-state index contributed by atoms with van der Waals surface area (Å²) in [6, 6.07) is 12.5. The van der Waals surface area contributed by atoms with Crippen molar-refractivity contribution >= 4 is 0 Å². The summed E-state index contributed by atoms with van der Waals surface area (Å²) in [5, 5.41) is 3.46. The smallest absolute Gasteiger partial charge is 0.0950 e. The molecule has 0 amide bonds. The summed E-state index contributed by atoms with van der Waals surface area (Å²) in [5.41, 5.74) is 3.23. The minimum Gasteiger partial charge on any atom is -0.315 e. The van der Waals surface area contributed by atoms with Crippen LogP contribution in [0, 0.1) is 6.92 Å². The van der Waals surface area contributed by atoms with E-state index < -0.39 is 0 Å². The fraction of sp³-hybridized carbons (Fsp3) is 0.412. The summed E-state index contributed by atoms with van der Waals surface area (Å²) < 4.78 is 0. The molecule has 3 rings (SSSR count). The van der Waals surface area contributed by atoms with E-state index in [4.69, 9.17) is 4.98 Å². The van der Waals surface area contributed by atoms with E-state index in [1.807, 2.05) is 25.3 Å². The molecular formula is C17H22N4. The van der Waals surface area contributed by atoms with Gasteiger partial charge in [0, 0.05) is 31.5 Å². The van der Waals surface area contributed by atoms with E-state index in [2.05, 4.69) is 39.5 Å². The van der Waals surface area contributed by atoms with E-state index in [1.165, 1.54) is 0 Å². The van der Waals surface area contributed by atoms with Gasteiger partial charge in [-0.05, 0) is 44.2 Å². The van der Waals surface area contributed by atoms with E-state index in [9.17, 15) is 0 Å². The van der Waals surface area contributed by atoms with Crippen molar-refractivity contribution < 1.29 is 0 Å². The topological polar surface area (TPSA) is 41.1 Å². The number of aryl methyl sites for hydroxylation is 1. The Balaban J connectivity index is 1.98. The highest BCUT2D eigenvalue weighted by Crippen LogP contribution is 2.26. The first-order chi connectivity index (χ1) is 10.3. The normalized spacial score (nSPS) is 18.1. The molecule has 1 saturated heterocycles. The highest BCUT2D eigenvalue weighted by molar-refractivity contribution is 5.23. The van der Waals surface area contributed by atoms with Crippen LogP contribution < -0.4 is 5.32 Å². The van der Waals surface area contributed by atoms with Crippen LogP contribution in [0.15, 0.2) is 42.6 Å². The fourth-order valence-corrected chi connectivity index (χ4v) is 2.90. The van der Waals surface area contributed by atoms with Crippen molar-refractivity contribution in [2.45, 2.75) is 19.4 Å². The van der Waals surface area contributed by atoms with Crippen LogP contribution in [0.25, 0.3) is 0 Å². The molecule has 0 aliphatic carbocycles. The summed E-state index contributed by atoms with van der Waals surface area (Å²) in [7, 11) is 0. The number of nitrogens with zero attached hydrogens (tertiary/aromatic N) is 3. The molecule has 1 N–H and O–H groups in total. The molecule has 4 nitrogen and oxygen atoms in total. The van der Waals surface area contributed by atoms with Gasteiger partial charge in [-0.15, -0.1) is 0 Å². The van der Waals surface area contributed by atoms with E-state index in [-0.39, 0.29) is 6.04 Å². The van der Waals surface area contributed by atoms with Crippen LogP contribution >= 0.6 is 0 Å². The Morgan fingerprint density at radius 1 is 1.05 bits per heavy atom. The zero-order chi connectivity index (χ0) is 14.5. The predicted molar refractivity (Wildman–Crippen MR) is 84.1 cm³/mol. The van der Waals surface area contributed by atoms with Gasteiger partial charge in [0.05, 0.1) is 17.4 Å². The van der Waals surface area contributed by atoms with Gasteiger partial charge in [-0.25, -0.2) is 0 Å². The van der Waals surface area contributed by atoms with Gasteiger partial charge in [0.2, 0.25) is 0 Å². The number of rotatable bonds is 3. The molecule has 0 saturated carbocycles. The first-order valence-corrected chi connectivity index (χ1v) is 7.64. The molecule has 110 valence electrons. The molecule has 1 fully saturated rings. The predicted octanol–water partition coefficient (Wildman–Crippen LogP) is 2.17. The second-order valence-corrected chi connectivity index (χ2v) is 5.50. The second-order valence-electron chi connectivity index (χ2n) is 5.50. The van der Waals surface area contributed by atoms with Gasteiger partial charge in [-0.1, -0.05) is 12.1 Å². The SMILES string of the molecule is Cc1cccc(C(c2ccccn2)N2CCCNCC2)n1. The average molecular weight is 282 g/mol. The van der Waals surface area contributed by atoms with Gasteiger partial charge in [0.25, 0.3) is 0 Å². The molecule has 2 aromatic heterocycles. The molecule has 1 aliphatic rings. The minimum absolute atomic E-state index is 0.144. The number of nitrogens with one attached hydrogen (secondary N) is 1. The maximum absolute atomic E-state index is 4.75. The van der Waals surface area contributed by atoms with Crippen molar-refractivity contribution in [1.82, 2.24) is 20.2 Å². The third-order valence-electron chi connectivity index (χ3n) is 3.90. The summed E-state index contributed by atoms with van der Waals surface area (Å²) in [5.74, 6) is 0. The standard InChI is InChI=1S/C17H22N4/c1-14-6-4-8-16(20-14)17(15-7-2-3-10-19-15)21-12-5-9-18-11-13-21/h2-4,6-8,10,17-18H,5,9,11-13H2,1H3. The lowest BCUT2D eigenvalue weighted by Crippen LogP contribution is -2.34. The first kappa shape index (κ1) is 14.2. The average Bonchev–Trinajstić information content (AvgIpc) is 2.78. The maximum Gasteiger partial charge on any atom is 0.0950 e. The van der Waals surface area contributed by atoms with Crippen molar-refractivity contribution in [2.75, 3.05) is 26.2 Å². The molecule has 1 unspecified atom stereocenters. The van der Waals surface area contributed by atoms with Crippen molar-refractivity contribution in [2.24, 2.45) is 0 Å². The van der Waals surface area contributed by atoms with Crippen molar-refractivity contribution in [1.29, 1.82) is 0 Å². The number of aromatic nitrogens is 2. The lowest BCUT2D eigenvalue weighted by Gasteiger charge is -2.29. The zero-order valence-corrected chi connectivity index (χ0v) is 12.5. The molecule has 0 aromatic carbocycles. The molecule has 4 heteroatoms. The summed E-state index contributed by atoms with van der Waals surface area (Å²) in [6.07, 6.45) is 3.03. The molecule has 1 aliphatic heterocycles. The van der Waals surface area contributed by atoms with Crippen molar-refractivity contribution in [3.8, 4) is 0 Å². The van der Waals surface area contributed by atoms with Crippen LogP contribution in [0.5, 0.6) is 0 Å². The van der Waals surface area contributed by atoms with E-state index in [1.54, 1.807) is 0 Å². The zero-order valence-electron chi connectivity index (χ0n) is 12.5.